The zero-order valence-corrected chi connectivity index (χ0v) is 21.6. The van der Waals surface area contributed by atoms with Crippen molar-refractivity contribution in [3.63, 3.8) is 0 Å². The number of pyridine rings is 1. The molecular formula is C24H42N2S3. The van der Waals surface area contributed by atoms with Gasteiger partial charge in [0.15, 0.2) is 0 Å². The number of thiocarbonyl (C=S) groups is 1. The van der Waals surface area contributed by atoms with Crippen molar-refractivity contribution in [3.8, 4) is 0 Å². The van der Waals surface area contributed by atoms with E-state index in [9.17, 15) is 0 Å². The lowest BCUT2D eigenvalue weighted by Gasteiger charge is -2.16. The number of unbranched alkanes of at least 4 members (excludes halogenated alkanes) is 10. The van der Waals surface area contributed by atoms with E-state index in [2.05, 4.69) is 39.1 Å². The molecule has 0 saturated carbocycles. The van der Waals surface area contributed by atoms with Crippen molar-refractivity contribution in [2.24, 2.45) is 0 Å². The molecule has 0 amide bonds. The van der Waals surface area contributed by atoms with Crippen LogP contribution in [0, 0.1) is 6.92 Å². The number of anilines is 1. The molecular weight excluding hydrogens is 412 g/mol. The summed E-state index contributed by atoms with van der Waals surface area (Å²) < 4.78 is 0. The molecule has 1 heterocycles. The van der Waals surface area contributed by atoms with Gasteiger partial charge in [0.25, 0.3) is 0 Å². The molecule has 1 aromatic heterocycles. The Hall–Kier alpha value is -0.260. The summed E-state index contributed by atoms with van der Waals surface area (Å²) in [6.07, 6.45) is 16.0. The molecule has 0 bridgehead atoms. The van der Waals surface area contributed by atoms with E-state index < -0.39 is 0 Å². The second kappa shape index (κ2) is 17.4. The molecule has 1 N–H and O–H groups in total. The lowest BCUT2D eigenvalue weighted by atomic mass is 10.1. The van der Waals surface area contributed by atoms with Gasteiger partial charge in [-0.3, -0.25) is 0 Å². The Morgan fingerprint density at radius 1 is 0.862 bits per heavy atom. The fourth-order valence-electron chi connectivity index (χ4n) is 3.39. The summed E-state index contributed by atoms with van der Waals surface area (Å²) in [6, 6.07) is 2.18. The van der Waals surface area contributed by atoms with Gasteiger partial charge >= 0.3 is 0 Å². The van der Waals surface area contributed by atoms with Crippen LogP contribution < -0.4 is 5.32 Å². The largest absolute Gasteiger partial charge is 0.347 e. The quantitative estimate of drug-likeness (QED) is 0.144. The molecule has 1 rings (SSSR count). The fraction of sp³-hybridized carbons (Fsp3) is 0.750. The molecule has 0 aromatic carbocycles. The molecule has 0 aliphatic carbocycles. The molecule has 0 fully saturated rings. The van der Waals surface area contributed by atoms with E-state index >= 15 is 0 Å². The summed E-state index contributed by atoms with van der Waals surface area (Å²) in [5.41, 5.74) is 2.21. The number of hydrogen-bond acceptors (Lipinski definition) is 4. The first kappa shape index (κ1) is 26.8. The SMILES string of the molecule is CCCCCCCCCCCCCC(=S)Nc1c(SCC)cc(C)nc1SCC. The standard InChI is InChI=1S/C24H42N2S3/c1-5-8-9-10-11-12-13-14-15-16-17-18-22(27)26-23-21(28-6-2)19-20(4)25-24(23)29-7-3/h19H,5-18H2,1-4H3,(H,26,27). The molecule has 0 radical (unpaired) electrons. The van der Waals surface area contributed by atoms with Gasteiger partial charge in [-0.05, 0) is 37.3 Å². The molecule has 29 heavy (non-hydrogen) atoms. The molecule has 0 saturated heterocycles. The Morgan fingerprint density at radius 3 is 1.97 bits per heavy atom. The van der Waals surface area contributed by atoms with Crippen LogP contribution in [0.4, 0.5) is 5.69 Å². The first-order valence-corrected chi connectivity index (χ1v) is 14.1. The van der Waals surface area contributed by atoms with Gasteiger partial charge < -0.3 is 5.32 Å². The number of thioether (sulfide) groups is 2. The molecule has 1 aromatic rings. The second-order valence-electron chi connectivity index (χ2n) is 7.64. The monoisotopic (exact) mass is 454 g/mol. The van der Waals surface area contributed by atoms with E-state index in [-0.39, 0.29) is 0 Å². The summed E-state index contributed by atoms with van der Waals surface area (Å²) in [4.78, 5) is 6.98. The highest BCUT2D eigenvalue weighted by molar-refractivity contribution is 8.00. The van der Waals surface area contributed by atoms with Gasteiger partial charge in [-0.1, -0.05) is 97.2 Å². The van der Waals surface area contributed by atoms with Crippen molar-refractivity contribution < 1.29 is 0 Å². The molecule has 166 valence electrons. The van der Waals surface area contributed by atoms with E-state index in [1.807, 2.05) is 11.8 Å². The maximum absolute atomic E-state index is 5.67. The third-order valence-electron chi connectivity index (χ3n) is 4.93. The van der Waals surface area contributed by atoms with Gasteiger partial charge in [0, 0.05) is 10.6 Å². The van der Waals surface area contributed by atoms with Gasteiger partial charge in [-0.25, -0.2) is 4.98 Å². The van der Waals surface area contributed by atoms with Crippen molar-refractivity contribution in [3.05, 3.63) is 11.8 Å². The van der Waals surface area contributed by atoms with Crippen molar-refractivity contribution in [1.29, 1.82) is 0 Å². The third-order valence-corrected chi connectivity index (χ3v) is 7.02. The van der Waals surface area contributed by atoms with E-state index in [0.717, 1.165) is 39.3 Å². The Balaban J connectivity index is 2.31. The predicted molar refractivity (Wildman–Crippen MR) is 139 cm³/mol. The van der Waals surface area contributed by atoms with Crippen LogP contribution in [0.5, 0.6) is 0 Å². The highest BCUT2D eigenvalue weighted by atomic mass is 32.2. The Morgan fingerprint density at radius 2 is 1.41 bits per heavy atom. The minimum absolute atomic E-state index is 0.961. The van der Waals surface area contributed by atoms with Crippen molar-refractivity contribution in [2.45, 2.75) is 115 Å². The number of aromatic nitrogens is 1. The van der Waals surface area contributed by atoms with E-state index in [0.29, 0.717) is 0 Å². The van der Waals surface area contributed by atoms with Crippen LogP contribution in [-0.2, 0) is 0 Å². The first-order valence-electron chi connectivity index (χ1n) is 11.7. The van der Waals surface area contributed by atoms with Crippen molar-refractivity contribution >= 4 is 46.4 Å². The first-order chi connectivity index (χ1) is 14.1. The predicted octanol–water partition coefficient (Wildman–Crippen LogP) is 9.05. The number of nitrogens with one attached hydrogen (secondary N) is 1. The van der Waals surface area contributed by atoms with Crippen LogP contribution >= 0.6 is 35.7 Å². The Kier molecular flexibility index (Phi) is 16.1. The van der Waals surface area contributed by atoms with E-state index in [4.69, 9.17) is 17.2 Å². The Labute approximate surface area is 194 Å². The number of nitrogens with zero attached hydrogens (tertiary/aromatic N) is 1. The second-order valence-corrected chi connectivity index (χ2v) is 10.7. The maximum Gasteiger partial charge on any atom is 0.121 e. The summed E-state index contributed by atoms with van der Waals surface area (Å²) in [6.45, 7) is 8.73. The maximum atomic E-state index is 5.67. The van der Waals surface area contributed by atoms with Crippen LogP contribution in [0.25, 0.3) is 0 Å². The fourth-order valence-corrected chi connectivity index (χ4v) is 5.35. The molecule has 0 aliphatic rings. The molecule has 0 atom stereocenters. The molecule has 0 spiro atoms. The van der Waals surface area contributed by atoms with Crippen LogP contribution in [0.2, 0.25) is 0 Å². The molecule has 5 heteroatoms. The van der Waals surface area contributed by atoms with Gasteiger partial charge in [0.1, 0.15) is 5.03 Å². The van der Waals surface area contributed by atoms with Crippen LogP contribution in [-0.4, -0.2) is 21.5 Å². The highest BCUT2D eigenvalue weighted by Crippen LogP contribution is 2.35. The summed E-state index contributed by atoms with van der Waals surface area (Å²) in [5.74, 6) is 2.08. The van der Waals surface area contributed by atoms with Crippen LogP contribution in [0.3, 0.4) is 0 Å². The third kappa shape index (κ3) is 12.2. The van der Waals surface area contributed by atoms with Crippen LogP contribution in [0.1, 0.15) is 104 Å². The normalized spacial score (nSPS) is 11.0. The lowest BCUT2D eigenvalue weighted by molar-refractivity contribution is 0.552. The van der Waals surface area contributed by atoms with Gasteiger partial charge in [-0.2, -0.15) is 0 Å². The van der Waals surface area contributed by atoms with Crippen molar-refractivity contribution in [1.82, 2.24) is 4.98 Å². The Bertz CT molecular complexity index is 548. The number of rotatable bonds is 17. The lowest BCUT2D eigenvalue weighted by Crippen LogP contribution is -2.11. The zero-order chi connectivity index (χ0) is 21.3. The summed E-state index contributed by atoms with van der Waals surface area (Å²) >= 11 is 9.33. The average Bonchev–Trinajstić information content (AvgIpc) is 2.69. The topological polar surface area (TPSA) is 24.9 Å². The number of aryl methyl sites for hydroxylation is 1. The highest BCUT2D eigenvalue weighted by Gasteiger charge is 2.13. The van der Waals surface area contributed by atoms with E-state index in [1.165, 1.54) is 75.5 Å². The van der Waals surface area contributed by atoms with Gasteiger partial charge in [0.05, 0.1) is 10.7 Å². The summed E-state index contributed by atoms with van der Waals surface area (Å²) in [5, 5.41) is 4.63. The minimum Gasteiger partial charge on any atom is -0.347 e. The molecule has 2 nitrogen and oxygen atoms in total. The van der Waals surface area contributed by atoms with Gasteiger partial charge in [-0.15, -0.1) is 23.5 Å². The zero-order valence-electron chi connectivity index (χ0n) is 19.1. The van der Waals surface area contributed by atoms with Crippen LogP contribution in [0.15, 0.2) is 16.0 Å². The number of hydrogen-bond donors (Lipinski definition) is 1. The average molecular weight is 455 g/mol. The van der Waals surface area contributed by atoms with E-state index in [1.54, 1.807) is 11.8 Å². The minimum atomic E-state index is 0.961. The smallest absolute Gasteiger partial charge is 0.121 e. The molecule has 0 aliphatic heterocycles. The van der Waals surface area contributed by atoms with Gasteiger partial charge in [0.2, 0.25) is 0 Å². The van der Waals surface area contributed by atoms with Crippen molar-refractivity contribution in [2.75, 3.05) is 16.8 Å². The molecule has 0 unspecified atom stereocenters. The summed E-state index contributed by atoms with van der Waals surface area (Å²) in [7, 11) is 0.